The van der Waals surface area contributed by atoms with Gasteiger partial charge in [-0.3, -0.25) is 9.36 Å². The van der Waals surface area contributed by atoms with Gasteiger partial charge in [-0.15, -0.1) is 0 Å². The zero-order chi connectivity index (χ0) is 13.4. The van der Waals surface area contributed by atoms with Gasteiger partial charge in [-0.1, -0.05) is 0 Å². The van der Waals surface area contributed by atoms with Crippen LogP contribution in [0.1, 0.15) is 5.82 Å². The fourth-order valence-electron chi connectivity index (χ4n) is 1.90. The Morgan fingerprint density at radius 1 is 1.26 bits per heavy atom. The summed E-state index contributed by atoms with van der Waals surface area (Å²) in [6, 6.07) is 0. The molecule has 3 rings (SSSR count). The lowest BCUT2D eigenvalue weighted by molar-refractivity contribution is 0.655. The summed E-state index contributed by atoms with van der Waals surface area (Å²) in [6.45, 7) is 0.515. The molecule has 0 saturated heterocycles. The fraction of sp³-hybridized carbons (Fsp3) is 0.273. The molecule has 0 aromatic carbocycles. The van der Waals surface area contributed by atoms with Gasteiger partial charge in [-0.25, -0.2) is 9.97 Å². The van der Waals surface area contributed by atoms with Crippen molar-refractivity contribution in [3.05, 3.63) is 28.9 Å². The van der Waals surface area contributed by atoms with E-state index in [9.17, 15) is 0 Å². The third kappa shape index (κ3) is 2.19. The van der Waals surface area contributed by atoms with E-state index in [1.54, 1.807) is 21.8 Å². The van der Waals surface area contributed by atoms with Gasteiger partial charge in [0, 0.05) is 20.3 Å². The Kier molecular flexibility index (Phi) is 2.94. The Labute approximate surface area is 117 Å². The average Bonchev–Trinajstić information content (AvgIpc) is 2.96. The molecule has 3 aromatic heterocycles. The summed E-state index contributed by atoms with van der Waals surface area (Å²) in [5, 5.41) is 12.4. The maximum absolute atomic E-state index is 4.52. The van der Waals surface area contributed by atoms with Crippen LogP contribution in [0.15, 0.2) is 23.1 Å². The van der Waals surface area contributed by atoms with Crippen molar-refractivity contribution in [3.63, 3.8) is 0 Å². The normalized spacial score (nSPS) is 11.1. The number of fused-ring (bicyclic) bond motifs is 1. The third-order valence-electron chi connectivity index (χ3n) is 2.78. The van der Waals surface area contributed by atoms with Crippen LogP contribution in [-0.4, -0.2) is 36.6 Å². The minimum Gasteiger partial charge on any atom is -0.372 e. The number of hydrogen-bond donors (Lipinski definition) is 1. The van der Waals surface area contributed by atoms with Crippen LogP contribution in [0.5, 0.6) is 0 Å². The smallest absolute Gasteiger partial charge is 0.163 e. The van der Waals surface area contributed by atoms with E-state index in [2.05, 4.69) is 41.4 Å². The van der Waals surface area contributed by atoms with Gasteiger partial charge in [0.1, 0.15) is 12.4 Å². The SMILES string of the molecule is CNc1nc(Cn2cc(Br)cn2)nc2c1cnn2C. The van der Waals surface area contributed by atoms with Crippen LogP contribution in [0.2, 0.25) is 0 Å². The molecule has 8 heteroatoms. The molecule has 0 aliphatic heterocycles. The average molecular weight is 322 g/mol. The largest absolute Gasteiger partial charge is 0.372 e. The van der Waals surface area contributed by atoms with Crippen LogP contribution in [0.4, 0.5) is 5.82 Å². The molecular formula is C11H12BrN7. The van der Waals surface area contributed by atoms with Gasteiger partial charge in [-0.2, -0.15) is 10.2 Å². The Hall–Kier alpha value is -1.96. The standard InChI is InChI=1S/C11H12BrN7/c1-13-10-8-4-14-18(2)11(8)17-9(16-10)6-19-5-7(12)3-15-19/h3-5H,6H2,1-2H3,(H,13,16,17). The number of halogens is 1. The molecule has 0 aliphatic rings. The van der Waals surface area contributed by atoms with E-state index in [4.69, 9.17) is 0 Å². The molecule has 0 atom stereocenters. The quantitative estimate of drug-likeness (QED) is 0.789. The number of aromatic nitrogens is 6. The highest BCUT2D eigenvalue weighted by atomic mass is 79.9. The minimum absolute atomic E-state index is 0.515. The second-order valence-electron chi connectivity index (χ2n) is 4.10. The van der Waals surface area contributed by atoms with Crippen LogP contribution in [-0.2, 0) is 13.6 Å². The zero-order valence-corrected chi connectivity index (χ0v) is 12.1. The van der Waals surface area contributed by atoms with Crippen LogP contribution >= 0.6 is 15.9 Å². The van der Waals surface area contributed by atoms with E-state index in [-0.39, 0.29) is 0 Å². The molecule has 0 spiro atoms. The Morgan fingerprint density at radius 3 is 2.79 bits per heavy atom. The highest BCUT2D eigenvalue weighted by molar-refractivity contribution is 9.10. The van der Waals surface area contributed by atoms with Crippen LogP contribution < -0.4 is 5.32 Å². The molecule has 7 nitrogen and oxygen atoms in total. The van der Waals surface area contributed by atoms with E-state index in [1.165, 1.54) is 0 Å². The third-order valence-corrected chi connectivity index (χ3v) is 3.19. The van der Waals surface area contributed by atoms with Gasteiger partial charge in [-0.05, 0) is 15.9 Å². The number of aryl methyl sites for hydroxylation is 1. The van der Waals surface area contributed by atoms with E-state index in [0.717, 1.165) is 21.3 Å². The fourth-order valence-corrected chi connectivity index (χ4v) is 2.23. The Bertz CT molecular complexity index is 730. The van der Waals surface area contributed by atoms with Crippen LogP contribution in [0.25, 0.3) is 11.0 Å². The summed E-state index contributed by atoms with van der Waals surface area (Å²) in [4.78, 5) is 9.01. The lowest BCUT2D eigenvalue weighted by Gasteiger charge is -2.06. The first-order valence-corrected chi connectivity index (χ1v) is 6.51. The lowest BCUT2D eigenvalue weighted by atomic mass is 10.4. The monoisotopic (exact) mass is 321 g/mol. The molecule has 1 N–H and O–H groups in total. The second-order valence-corrected chi connectivity index (χ2v) is 5.02. The first-order valence-electron chi connectivity index (χ1n) is 5.71. The van der Waals surface area contributed by atoms with E-state index in [1.807, 2.05) is 20.3 Å². The molecule has 98 valence electrons. The van der Waals surface area contributed by atoms with Crippen molar-refractivity contribution in [1.29, 1.82) is 0 Å². The molecular weight excluding hydrogens is 310 g/mol. The van der Waals surface area contributed by atoms with Gasteiger partial charge in [0.2, 0.25) is 0 Å². The molecule has 0 bridgehead atoms. The van der Waals surface area contributed by atoms with E-state index in [0.29, 0.717) is 12.4 Å². The molecule has 0 radical (unpaired) electrons. The number of hydrogen-bond acceptors (Lipinski definition) is 5. The van der Waals surface area contributed by atoms with Crippen molar-refractivity contribution in [2.45, 2.75) is 6.54 Å². The highest BCUT2D eigenvalue weighted by Gasteiger charge is 2.11. The summed E-state index contributed by atoms with van der Waals surface area (Å²) in [7, 11) is 3.70. The molecule has 19 heavy (non-hydrogen) atoms. The van der Waals surface area contributed by atoms with Gasteiger partial charge >= 0.3 is 0 Å². The summed E-state index contributed by atoms with van der Waals surface area (Å²) >= 11 is 3.37. The highest BCUT2D eigenvalue weighted by Crippen LogP contribution is 2.19. The molecule has 0 amide bonds. The van der Waals surface area contributed by atoms with Crippen LogP contribution in [0, 0.1) is 0 Å². The summed E-state index contributed by atoms with van der Waals surface area (Å²) < 4.78 is 4.45. The summed E-state index contributed by atoms with van der Waals surface area (Å²) in [6.07, 6.45) is 5.38. The van der Waals surface area contributed by atoms with Gasteiger partial charge in [0.25, 0.3) is 0 Å². The number of nitrogens with one attached hydrogen (secondary N) is 1. The number of rotatable bonds is 3. The molecule has 0 saturated carbocycles. The Balaban J connectivity index is 2.06. The van der Waals surface area contributed by atoms with Crippen molar-refractivity contribution in [2.24, 2.45) is 7.05 Å². The van der Waals surface area contributed by atoms with Gasteiger partial charge in [0.05, 0.1) is 22.3 Å². The Morgan fingerprint density at radius 2 is 2.11 bits per heavy atom. The minimum atomic E-state index is 0.515. The summed E-state index contributed by atoms with van der Waals surface area (Å²) in [5.74, 6) is 1.47. The molecule has 3 heterocycles. The number of nitrogens with zero attached hydrogens (tertiary/aromatic N) is 6. The van der Waals surface area contributed by atoms with Crippen molar-refractivity contribution in [2.75, 3.05) is 12.4 Å². The van der Waals surface area contributed by atoms with Crippen molar-refractivity contribution < 1.29 is 0 Å². The zero-order valence-electron chi connectivity index (χ0n) is 10.5. The lowest BCUT2D eigenvalue weighted by Crippen LogP contribution is -2.08. The topological polar surface area (TPSA) is 73.5 Å². The van der Waals surface area contributed by atoms with Crippen molar-refractivity contribution >= 4 is 32.8 Å². The second kappa shape index (κ2) is 4.61. The predicted octanol–water partition coefficient (Wildman–Crippen LogP) is 1.41. The first-order chi connectivity index (χ1) is 9.17. The maximum atomic E-state index is 4.52. The van der Waals surface area contributed by atoms with Crippen LogP contribution in [0.3, 0.4) is 0 Å². The van der Waals surface area contributed by atoms with E-state index < -0.39 is 0 Å². The van der Waals surface area contributed by atoms with Crippen molar-refractivity contribution in [1.82, 2.24) is 29.5 Å². The molecule has 0 fully saturated rings. The molecule has 3 aromatic rings. The summed E-state index contributed by atoms with van der Waals surface area (Å²) in [5.41, 5.74) is 0.806. The van der Waals surface area contributed by atoms with Crippen molar-refractivity contribution in [3.8, 4) is 0 Å². The molecule has 0 unspecified atom stereocenters. The van der Waals surface area contributed by atoms with Gasteiger partial charge in [0.15, 0.2) is 11.5 Å². The maximum Gasteiger partial charge on any atom is 0.163 e. The van der Waals surface area contributed by atoms with E-state index >= 15 is 0 Å². The molecule has 0 aliphatic carbocycles. The van der Waals surface area contributed by atoms with Gasteiger partial charge < -0.3 is 5.32 Å². The number of anilines is 1. The predicted molar refractivity (Wildman–Crippen MR) is 74.9 cm³/mol. The first kappa shape index (κ1) is 12.1.